The van der Waals surface area contributed by atoms with Crippen LogP contribution >= 0.6 is 15.9 Å². The van der Waals surface area contributed by atoms with Gasteiger partial charge in [0.25, 0.3) is 0 Å². The van der Waals surface area contributed by atoms with Gasteiger partial charge in [0, 0.05) is 4.47 Å². The Bertz CT molecular complexity index is 427. The van der Waals surface area contributed by atoms with Crippen LogP contribution < -0.4 is 0 Å². The van der Waals surface area contributed by atoms with Gasteiger partial charge in [0.2, 0.25) is 0 Å². The summed E-state index contributed by atoms with van der Waals surface area (Å²) in [5, 5.41) is 10.0. The van der Waals surface area contributed by atoms with Crippen LogP contribution in [0.15, 0.2) is 22.7 Å². The molecular formula is C13H14BrF3O. The highest BCUT2D eigenvalue weighted by Gasteiger charge is 2.32. The van der Waals surface area contributed by atoms with Gasteiger partial charge in [0.1, 0.15) is 0 Å². The lowest BCUT2D eigenvalue weighted by Crippen LogP contribution is -2.15. The standard InChI is InChI=1S/C13H14BrF3O/c14-11-5-4-9(13(15,16)17)7-10(11)12(18)6-8-2-1-3-8/h4-5,7-8,12,18H,1-3,6H2. The molecule has 2 rings (SSSR count). The van der Waals surface area contributed by atoms with Crippen molar-refractivity contribution >= 4 is 15.9 Å². The zero-order valence-electron chi connectivity index (χ0n) is 9.67. The van der Waals surface area contributed by atoms with Crippen LogP contribution in [0.25, 0.3) is 0 Å². The Morgan fingerprint density at radius 3 is 2.50 bits per heavy atom. The zero-order valence-corrected chi connectivity index (χ0v) is 11.3. The van der Waals surface area contributed by atoms with Crippen LogP contribution in [-0.2, 0) is 6.18 Å². The lowest BCUT2D eigenvalue weighted by Gasteiger charge is -2.28. The summed E-state index contributed by atoms with van der Waals surface area (Å²) in [6.07, 6.45) is -1.37. The Morgan fingerprint density at radius 1 is 1.33 bits per heavy atom. The van der Waals surface area contributed by atoms with Crippen molar-refractivity contribution in [3.05, 3.63) is 33.8 Å². The van der Waals surface area contributed by atoms with Crippen molar-refractivity contribution in [3.63, 3.8) is 0 Å². The van der Waals surface area contributed by atoms with E-state index in [1.54, 1.807) is 0 Å². The number of hydrogen-bond acceptors (Lipinski definition) is 1. The molecule has 1 unspecified atom stereocenters. The van der Waals surface area contributed by atoms with Gasteiger partial charge in [-0.25, -0.2) is 0 Å². The lowest BCUT2D eigenvalue weighted by molar-refractivity contribution is -0.137. The van der Waals surface area contributed by atoms with Crippen LogP contribution in [0.2, 0.25) is 0 Å². The number of alkyl halides is 3. The molecule has 0 aliphatic heterocycles. The maximum absolute atomic E-state index is 12.6. The van der Waals surface area contributed by atoms with Crippen molar-refractivity contribution in [2.75, 3.05) is 0 Å². The molecule has 1 saturated carbocycles. The second kappa shape index (κ2) is 5.21. The highest BCUT2D eigenvalue weighted by Crippen LogP contribution is 2.38. The van der Waals surface area contributed by atoms with Crippen molar-refractivity contribution < 1.29 is 18.3 Å². The molecule has 0 radical (unpaired) electrons. The first kappa shape index (κ1) is 13.9. The molecule has 0 bridgehead atoms. The van der Waals surface area contributed by atoms with Crippen molar-refractivity contribution in [2.45, 2.75) is 38.0 Å². The highest BCUT2D eigenvalue weighted by atomic mass is 79.9. The molecule has 1 aliphatic rings. The summed E-state index contributed by atoms with van der Waals surface area (Å²) in [7, 11) is 0. The third kappa shape index (κ3) is 3.06. The van der Waals surface area contributed by atoms with Gasteiger partial charge in [-0.1, -0.05) is 35.2 Å². The Hall–Kier alpha value is -0.550. The molecule has 0 aromatic heterocycles. The quantitative estimate of drug-likeness (QED) is 0.855. The molecule has 100 valence electrons. The first-order chi connectivity index (χ1) is 8.38. The molecule has 1 aliphatic carbocycles. The van der Waals surface area contributed by atoms with Gasteiger partial charge in [0.05, 0.1) is 11.7 Å². The first-order valence-electron chi connectivity index (χ1n) is 5.92. The molecule has 18 heavy (non-hydrogen) atoms. The Labute approximate surface area is 112 Å². The average Bonchev–Trinajstić information content (AvgIpc) is 2.22. The first-order valence-corrected chi connectivity index (χ1v) is 6.72. The minimum Gasteiger partial charge on any atom is -0.388 e. The Morgan fingerprint density at radius 2 is 2.00 bits per heavy atom. The molecule has 1 nitrogen and oxygen atoms in total. The van der Waals surface area contributed by atoms with Crippen LogP contribution in [0.4, 0.5) is 13.2 Å². The van der Waals surface area contributed by atoms with Gasteiger partial charge in [-0.05, 0) is 36.1 Å². The molecule has 1 atom stereocenters. The highest BCUT2D eigenvalue weighted by molar-refractivity contribution is 9.10. The summed E-state index contributed by atoms with van der Waals surface area (Å²) in [6, 6.07) is 3.40. The van der Waals surface area contributed by atoms with Crippen LogP contribution in [0.5, 0.6) is 0 Å². The molecule has 1 fully saturated rings. The molecule has 0 heterocycles. The molecular weight excluding hydrogens is 309 g/mol. The van der Waals surface area contributed by atoms with Gasteiger partial charge < -0.3 is 5.11 Å². The van der Waals surface area contributed by atoms with E-state index < -0.39 is 17.8 Å². The van der Waals surface area contributed by atoms with Crippen molar-refractivity contribution in [1.29, 1.82) is 0 Å². The van der Waals surface area contributed by atoms with E-state index in [4.69, 9.17) is 0 Å². The van der Waals surface area contributed by atoms with Gasteiger partial charge in [0.15, 0.2) is 0 Å². The number of aliphatic hydroxyl groups excluding tert-OH is 1. The van der Waals surface area contributed by atoms with Gasteiger partial charge in [-0.2, -0.15) is 13.2 Å². The van der Waals surface area contributed by atoms with E-state index in [2.05, 4.69) is 15.9 Å². The van der Waals surface area contributed by atoms with Crippen molar-refractivity contribution in [3.8, 4) is 0 Å². The van der Waals surface area contributed by atoms with Crippen LogP contribution in [0.1, 0.15) is 42.9 Å². The largest absolute Gasteiger partial charge is 0.416 e. The van der Waals surface area contributed by atoms with Gasteiger partial charge in [-0.3, -0.25) is 0 Å². The van der Waals surface area contributed by atoms with Gasteiger partial charge in [-0.15, -0.1) is 0 Å². The number of aliphatic hydroxyl groups is 1. The van der Waals surface area contributed by atoms with Crippen molar-refractivity contribution in [2.24, 2.45) is 5.92 Å². The predicted octanol–water partition coefficient (Wildman–Crippen LogP) is 4.69. The number of halogens is 4. The zero-order chi connectivity index (χ0) is 13.3. The maximum atomic E-state index is 12.6. The topological polar surface area (TPSA) is 20.2 Å². The van der Waals surface area contributed by atoms with E-state index in [-0.39, 0.29) is 0 Å². The molecule has 1 aromatic rings. The smallest absolute Gasteiger partial charge is 0.388 e. The lowest BCUT2D eigenvalue weighted by atomic mass is 9.80. The molecule has 1 N–H and O–H groups in total. The third-order valence-corrected chi connectivity index (χ3v) is 4.19. The van der Waals surface area contributed by atoms with E-state index in [1.165, 1.54) is 6.07 Å². The van der Waals surface area contributed by atoms with Crippen molar-refractivity contribution in [1.82, 2.24) is 0 Å². The van der Waals surface area contributed by atoms with E-state index in [1.807, 2.05) is 0 Å². The minimum absolute atomic E-state index is 0.330. The molecule has 0 saturated heterocycles. The monoisotopic (exact) mass is 322 g/mol. The van der Waals surface area contributed by atoms with E-state index in [0.29, 0.717) is 22.4 Å². The second-order valence-corrected chi connectivity index (χ2v) is 5.64. The third-order valence-electron chi connectivity index (χ3n) is 3.46. The fourth-order valence-corrected chi connectivity index (χ4v) is 2.66. The SMILES string of the molecule is OC(CC1CCC1)c1cc(C(F)(F)F)ccc1Br. The normalized spacial score (nSPS) is 18.5. The minimum atomic E-state index is -4.37. The number of rotatable bonds is 3. The summed E-state index contributed by atoms with van der Waals surface area (Å²) < 4.78 is 38.3. The number of hydrogen-bond donors (Lipinski definition) is 1. The summed E-state index contributed by atoms with van der Waals surface area (Å²) in [5.74, 6) is 0.446. The predicted molar refractivity (Wildman–Crippen MR) is 66.1 cm³/mol. The summed E-state index contributed by atoms with van der Waals surface area (Å²) in [6.45, 7) is 0. The fraction of sp³-hybridized carbons (Fsp3) is 0.538. The Balaban J connectivity index is 2.19. The summed E-state index contributed by atoms with van der Waals surface area (Å²) >= 11 is 3.20. The maximum Gasteiger partial charge on any atom is 0.416 e. The molecule has 0 amide bonds. The average molecular weight is 323 g/mol. The molecule has 5 heteroatoms. The molecule has 0 spiro atoms. The van der Waals surface area contributed by atoms with Gasteiger partial charge >= 0.3 is 6.18 Å². The second-order valence-electron chi connectivity index (χ2n) is 4.78. The van der Waals surface area contributed by atoms with E-state index in [9.17, 15) is 18.3 Å². The van der Waals surface area contributed by atoms with E-state index >= 15 is 0 Å². The summed E-state index contributed by atoms with van der Waals surface area (Å²) in [4.78, 5) is 0. The van der Waals surface area contributed by atoms with Crippen LogP contribution in [0, 0.1) is 5.92 Å². The van der Waals surface area contributed by atoms with Crippen LogP contribution in [-0.4, -0.2) is 5.11 Å². The van der Waals surface area contributed by atoms with Crippen LogP contribution in [0.3, 0.4) is 0 Å². The Kier molecular flexibility index (Phi) is 4.02. The van der Waals surface area contributed by atoms with E-state index in [0.717, 1.165) is 31.4 Å². The molecule has 1 aromatic carbocycles. The fourth-order valence-electron chi connectivity index (χ4n) is 2.15. The summed E-state index contributed by atoms with van der Waals surface area (Å²) in [5.41, 5.74) is -0.384. The number of benzene rings is 1.